The number of likely N-dealkylation sites (tertiary alicyclic amines) is 1. The number of ketones is 1. The highest BCUT2D eigenvalue weighted by atomic mass is 19.1. The van der Waals surface area contributed by atoms with Gasteiger partial charge in [-0.15, -0.1) is 0 Å². The van der Waals surface area contributed by atoms with Crippen LogP contribution in [-0.4, -0.2) is 29.7 Å². The van der Waals surface area contributed by atoms with Crippen molar-refractivity contribution < 1.29 is 18.4 Å². The molecule has 5 heteroatoms. The molecule has 142 valence electrons. The Balaban J connectivity index is 1.67. The van der Waals surface area contributed by atoms with Gasteiger partial charge in [0.05, 0.1) is 11.0 Å². The lowest BCUT2D eigenvalue weighted by Crippen LogP contribution is -2.47. The van der Waals surface area contributed by atoms with Crippen molar-refractivity contribution in [2.24, 2.45) is 5.92 Å². The zero-order chi connectivity index (χ0) is 19.6. The van der Waals surface area contributed by atoms with Crippen LogP contribution in [-0.2, 0) is 10.2 Å². The molecular weight excluding hydrogens is 348 g/mol. The third-order valence-corrected chi connectivity index (χ3v) is 5.38. The van der Waals surface area contributed by atoms with Crippen molar-refractivity contribution in [1.29, 1.82) is 0 Å². The predicted molar refractivity (Wildman–Crippen MR) is 99.5 cm³/mol. The second kappa shape index (κ2) is 7.59. The number of piperidine rings is 1. The van der Waals surface area contributed by atoms with E-state index < -0.39 is 23.0 Å². The first kappa shape index (κ1) is 19.2. The molecule has 3 nitrogen and oxygen atoms in total. The summed E-state index contributed by atoms with van der Waals surface area (Å²) in [4.78, 5) is 27.3. The molecule has 0 spiro atoms. The normalized spacial score (nSPS) is 15.6. The Bertz CT molecular complexity index is 841. The molecule has 0 saturated carbocycles. The van der Waals surface area contributed by atoms with Gasteiger partial charge in [0.2, 0.25) is 5.91 Å². The fraction of sp³-hybridized carbons (Fsp3) is 0.364. The van der Waals surface area contributed by atoms with Gasteiger partial charge in [-0.1, -0.05) is 30.3 Å². The average Bonchev–Trinajstić information content (AvgIpc) is 2.69. The number of hydrogen-bond acceptors (Lipinski definition) is 2. The van der Waals surface area contributed by atoms with Gasteiger partial charge in [-0.05, 0) is 50.5 Å². The molecule has 1 aliphatic heterocycles. The standard InChI is InChI=1S/C22H23F2NO2/c1-22(2,16-6-4-3-5-7-16)21(27)25-12-10-15(11-13-25)20(26)18-14-17(23)8-9-19(18)24/h3-9,14-15H,10-13H2,1-2H3. The molecule has 0 unspecified atom stereocenters. The maximum atomic E-state index is 13.9. The zero-order valence-corrected chi connectivity index (χ0v) is 15.5. The summed E-state index contributed by atoms with van der Waals surface area (Å²) < 4.78 is 27.2. The number of carbonyl (C=O) groups is 2. The van der Waals surface area contributed by atoms with Gasteiger partial charge in [-0.25, -0.2) is 8.78 Å². The summed E-state index contributed by atoms with van der Waals surface area (Å²) in [6, 6.07) is 12.5. The monoisotopic (exact) mass is 371 g/mol. The summed E-state index contributed by atoms with van der Waals surface area (Å²) in [5.41, 5.74) is 0.0756. The van der Waals surface area contributed by atoms with E-state index in [0.717, 1.165) is 23.8 Å². The summed E-state index contributed by atoms with van der Waals surface area (Å²) in [7, 11) is 0. The molecule has 1 saturated heterocycles. The Morgan fingerprint density at radius 1 is 1.00 bits per heavy atom. The molecule has 2 aromatic rings. The second-order valence-electron chi connectivity index (χ2n) is 7.55. The van der Waals surface area contributed by atoms with Crippen LogP contribution >= 0.6 is 0 Å². The third-order valence-electron chi connectivity index (χ3n) is 5.38. The predicted octanol–water partition coefficient (Wildman–Crippen LogP) is 4.36. The van der Waals surface area contributed by atoms with Gasteiger partial charge in [-0.2, -0.15) is 0 Å². The van der Waals surface area contributed by atoms with Gasteiger partial charge in [0, 0.05) is 19.0 Å². The number of nitrogens with zero attached hydrogens (tertiary/aromatic N) is 1. The number of rotatable bonds is 4. The van der Waals surface area contributed by atoms with E-state index >= 15 is 0 Å². The number of carbonyl (C=O) groups excluding carboxylic acids is 2. The van der Waals surface area contributed by atoms with Gasteiger partial charge in [-0.3, -0.25) is 9.59 Å². The Hall–Kier alpha value is -2.56. The van der Waals surface area contributed by atoms with E-state index in [1.807, 2.05) is 44.2 Å². The highest BCUT2D eigenvalue weighted by Crippen LogP contribution is 2.29. The Morgan fingerprint density at radius 2 is 1.63 bits per heavy atom. The fourth-order valence-corrected chi connectivity index (χ4v) is 3.62. The summed E-state index contributed by atoms with van der Waals surface area (Å²) in [6.45, 7) is 4.65. The van der Waals surface area contributed by atoms with Gasteiger partial charge in [0.1, 0.15) is 11.6 Å². The molecule has 1 heterocycles. The summed E-state index contributed by atoms with van der Waals surface area (Å²) in [5, 5.41) is 0. The van der Waals surface area contributed by atoms with Crippen LogP contribution in [0.25, 0.3) is 0 Å². The van der Waals surface area contributed by atoms with E-state index in [9.17, 15) is 18.4 Å². The Kier molecular flexibility index (Phi) is 5.40. The molecule has 1 aliphatic rings. The number of Topliss-reactive ketones (excluding diaryl/α,β-unsaturated/α-hetero) is 1. The van der Waals surface area contributed by atoms with Crippen LogP contribution < -0.4 is 0 Å². The maximum absolute atomic E-state index is 13.9. The van der Waals surface area contributed by atoms with E-state index in [2.05, 4.69) is 0 Å². The van der Waals surface area contributed by atoms with E-state index in [0.29, 0.717) is 25.9 Å². The minimum atomic E-state index is -0.704. The molecule has 0 aromatic heterocycles. The lowest BCUT2D eigenvalue weighted by atomic mass is 9.81. The summed E-state index contributed by atoms with van der Waals surface area (Å²) in [5.74, 6) is -2.11. The molecular formula is C22H23F2NO2. The minimum Gasteiger partial charge on any atom is -0.342 e. The molecule has 1 amide bonds. The van der Waals surface area contributed by atoms with Gasteiger partial charge in [0.25, 0.3) is 0 Å². The van der Waals surface area contributed by atoms with Crippen molar-refractivity contribution >= 4 is 11.7 Å². The zero-order valence-electron chi connectivity index (χ0n) is 15.5. The molecule has 0 radical (unpaired) electrons. The van der Waals surface area contributed by atoms with Crippen LogP contribution in [0.5, 0.6) is 0 Å². The first-order valence-electron chi connectivity index (χ1n) is 9.15. The van der Waals surface area contributed by atoms with Crippen LogP contribution in [0.2, 0.25) is 0 Å². The van der Waals surface area contributed by atoms with Gasteiger partial charge in [0.15, 0.2) is 5.78 Å². The van der Waals surface area contributed by atoms with Crippen molar-refractivity contribution in [3.63, 3.8) is 0 Å². The van der Waals surface area contributed by atoms with Crippen LogP contribution in [0, 0.1) is 17.6 Å². The lowest BCUT2D eigenvalue weighted by molar-refractivity contribution is -0.137. The first-order chi connectivity index (χ1) is 12.8. The molecule has 0 atom stereocenters. The highest BCUT2D eigenvalue weighted by Gasteiger charge is 2.36. The SMILES string of the molecule is CC(C)(C(=O)N1CCC(C(=O)c2cc(F)ccc2F)CC1)c1ccccc1. The highest BCUT2D eigenvalue weighted by molar-refractivity contribution is 5.98. The van der Waals surface area contributed by atoms with Crippen LogP contribution in [0.15, 0.2) is 48.5 Å². The van der Waals surface area contributed by atoms with Crippen LogP contribution in [0.1, 0.15) is 42.6 Å². The molecule has 0 N–H and O–H groups in total. The van der Waals surface area contributed by atoms with E-state index in [4.69, 9.17) is 0 Å². The van der Waals surface area contributed by atoms with Crippen molar-refractivity contribution in [3.05, 3.63) is 71.3 Å². The lowest BCUT2D eigenvalue weighted by Gasteiger charge is -2.37. The number of amides is 1. The largest absolute Gasteiger partial charge is 0.342 e. The molecule has 1 fully saturated rings. The first-order valence-corrected chi connectivity index (χ1v) is 9.15. The Morgan fingerprint density at radius 3 is 2.26 bits per heavy atom. The molecule has 0 bridgehead atoms. The molecule has 27 heavy (non-hydrogen) atoms. The summed E-state index contributed by atoms with van der Waals surface area (Å²) in [6.07, 6.45) is 0.900. The second-order valence-corrected chi connectivity index (χ2v) is 7.55. The van der Waals surface area contributed by atoms with Crippen molar-refractivity contribution in [2.45, 2.75) is 32.1 Å². The number of hydrogen-bond donors (Lipinski definition) is 0. The van der Waals surface area contributed by atoms with Gasteiger partial charge < -0.3 is 4.90 Å². The molecule has 2 aromatic carbocycles. The maximum Gasteiger partial charge on any atom is 0.232 e. The minimum absolute atomic E-state index is 0.0107. The topological polar surface area (TPSA) is 37.4 Å². The average molecular weight is 371 g/mol. The van der Waals surface area contributed by atoms with Crippen molar-refractivity contribution in [1.82, 2.24) is 4.90 Å². The van der Waals surface area contributed by atoms with E-state index in [1.165, 1.54) is 0 Å². The van der Waals surface area contributed by atoms with E-state index in [-0.39, 0.29) is 17.3 Å². The van der Waals surface area contributed by atoms with E-state index in [1.54, 1.807) is 4.90 Å². The van der Waals surface area contributed by atoms with Crippen LogP contribution in [0.3, 0.4) is 0 Å². The number of halogens is 2. The third kappa shape index (κ3) is 3.92. The summed E-state index contributed by atoms with van der Waals surface area (Å²) >= 11 is 0. The van der Waals surface area contributed by atoms with Crippen molar-refractivity contribution in [3.8, 4) is 0 Å². The Labute approximate surface area is 158 Å². The molecule has 0 aliphatic carbocycles. The number of benzene rings is 2. The van der Waals surface area contributed by atoms with Crippen LogP contribution in [0.4, 0.5) is 8.78 Å². The molecule has 3 rings (SSSR count). The quantitative estimate of drug-likeness (QED) is 0.749. The van der Waals surface area contributed by atoms with Gasteiger partial charge >= 0.3 is 0 Å². The smallest absolute Gasteiger partial charge is 0.232 e. The van der Waals surface area contributed by atoms with Crippen molar-refractivity contribution in [2.75, 3.05) is 13.1 Å². The fourth-order valence-electron chi connectivity index (χ4n) is 3.62.